The summed E-state index contributed by atoms with van der Waals surface area (Å²) in [6.45, 7) is 27.2. The van der Waals surface area contributed by atoms with E-state index in [9.17, 15) is 4.79 Å². The van der Waals surface area contributed by atoms with Gasteiger partial charge in [-0.3, -0.25) is 4.79 Å². The number of nitrogens with zero attached hydrogens (tertiary/aromatic N) is 2. The molecule has 304 valence electrons. The number of fused-ring (bicyclic) bond motifs is 8. The lowest BCUT2D eigenvalue weighted by molar-refractivity contribution is 0.105. The van der Waals surface area contributed by atoms with Gasteiger partial charge in [0.1, 0.15) is 0 Å². The molecule has 2 aliphatic heterocycles. The third kappa shape index (κ3) is 8.10. The molecule has 8 rings (SSSR count). The lowest BCUT2D eigenvalue weighted by atomic mass is 9.78. The molecule has 6 aromatic rings. The van der Waals surface area contributed by atoms with Crippen molar-refractivity contribution in [1.29, 1.82) is 0 Å². The van der Waals surface area contributed by atoms with Gasteiger partial charge >= 0.3 is 0 Å². The lowest BCUT2D eigenvalue weighted by Gasteiger charge is -2.26. The van der Waals surface area contributed by atoms with E-state index >= 15 is 0 Å². The molecule has 60 heavy (non-hydrogen) atoms. The number of hydrogen-bond donors (Lipinski definition) is 2. The third-order valence-electron chi connectivity index (χ3n) is 11.7. The molecule has 0 amide bonds. The van der Waals surface area contributed by atoms with E-state index in [2.05, 4.69) is 172 Å². The number of ketones is 1. The number of hydrogen-bond acceptors (Lipinski definition) is 3. The molecule has 0 atom stereocenters. The fourth-order valence-corrected chi connectivity index (χ4v) is 7.94. The second-order valence-electron chi connectivity index (χ2n) is 20.7. The molecule has 2 N–H and O–H groups in total. The molecule has 0 aliphatic carbocycles. The van der Waals surface area contributed by atoms with E-state index < -0.39 is 0 Å². The molecular formula is C55H58N4O. The Balaban J connectivity index is 1.49. The van der Waals surface area contributed by atoms with Crippen molar-refractivity contribution in [3.05, 3.63) is 154 Å². The zero-order valence-corrected chi connectivity index (χ0v) is 37.3. The van der Waals surface area contributed by atoms with E-state index in [1.54, 1.807) is 0 Å². The standard InChI is InChI=1S/C55H58N4O/c1-52(2,3)36-24-34(25-37(28-36)53(4,5)6)49-44-21-18-40(56-44)30-41-19-22-46(57-41)50(35-26-38(54(7,8)9)29-39(27-35)55(10,11)12)48-32-43(51(60)33-16-14-13-15-17-33)47(59-48)31-42-20-23-45(49)58-42/h13-32,57-58H,1-12H3. The summed E-state index contributed by atoms with van der Waals surface area (Å²) in [5, 5.41) is 0. The number of benzene rings is 3. The Morgan fingerprint density at radius 2 is 0.950 bits per heavy atom. The van der Waals surface area contributed by atoms with E-state index in [0.29, 0.717) is 16.8 Å². The monoisotopic (exact) mass is 790 g/mol. The minimum Gasteiger partial charge on any atom is -0.355 e. The van der Waals surface area contributed by atoms with Gasteiger partial charge in [-0.1, -0.05) is 150 Å². The molecule has 0 unspecified atom stereocenters. The van der Waals surface area contributed by atoms with Crippen molar-refractivity contribution in [1.82, 2.24) is 19.9 Å². The first-order valence-electron chi connectivity index (χ1n) is 21.2. The van der Waals surface area contributed by atoms with Crippen molar-refractivity contribution < 1.29 is 4.79 Å². The number of Topliss-reactive ketones (excluding diaryl/α,β-unsaturated/α-hetero) is 1. The number of nitrogens with one attached hydrogen (secondary N) is 2. The average Bonchev–Trinajstić information content (AvgIpc) is 4.00. The normalized spacial score (nSPS) is 13.4. The minimum atomic E-state index is -0.0961. The predicted octanol–water partition coefficient (Wildman–Crippen LogP) is 14.4. The van der Waals surface area contributed by atoms with Crippen molar-refractivity contribution in [2.24, 2.45) is 0 Å². The fourth-order valence-electron chi connectivity index (χ4n) is 7.94. The molecule has 0 saturated heterocycles. The van der Waals surface area contributed by atoms with Crippen molar-refractivity contribution in [3.8, 4) is 22.3 Å². The highest BCUT2D eigenvalue weighted by Crippen LogP contribution is 2.40. The summed E-state index contributed by atoms with van der Waals surface area (Å²) in [5.74, 6) is -0.0712. The van der Waals surface area contributed by atoms with Gasteiger partial charge in [0.05, 0.1) is 28.3 Å². The summed E-state index contributed by atoms with van der Waals surface area (Å²) in [7, 11) is 0. The molecule has 5 nitrogen and oxygen atoms in total. The summed E-state index contributed by atoms with van der Waals surface area (Å²) in [5.41, 5.74) is 16.7. The molecule has 0 radical (unpaired) electrons. The number of aromatic nitrogens is 4. The average molecular weight is 791 g/mol. The number of allylic oxidation sites excluding steroid dienone is 1. The van der Waals surface area contributed by atoms with Gasteiger partial charge in [0.15, 0.2) is 5.78 Å². The van der Waals surface area contributed by atoms with Crippen LogP contribution in [0.25, 0.3) is 68.1 Å². The molecule has 8 bridgehead atoms. The van der Waals surface area contributed by atoms with Gasteiger partial charge in [0.2, 0.25) is 0 Å². The van der Waals surface area contributed by atoms with E-state index in [0.717, 1.165) is 61.4 Å². The van der Waals surface area contributed by atoms with Crippen molar-refractivity contribution in [2.75, 3.05) is 0 Å². The topological polar surface area (TPSA) is 74.4 Å². The number of carbonyl (C=O) groups excluding carboxylic acids is 1. The Labute approximate surface area is 355 Å². The number of carbonyl (C=O) groups is 1. The predicted molar refractivity (Wildman–Crippen MR) is 254 cm³/mol. The van der Waals surface area contributed by atoms with Crippen LogP contribution < -0.4 is 0 Å². The maximum Gasteiger partial charge on any atom is 0.195 e. The van der Waals surface area contributed by atoms with E-state index in [4.69, 9.17) is 9.97 Å². The maximum absolute atomic E-state index is 14.5. The highest BCUT2D eigenvalue weighted by molar-refractivity contribution is 6.33. The van der Waals surface area contributed by atoms with Gasteiger partial charge in [-0.05, 0) is 110 Å². The van der Waals surface area contributed by atoms with Crippen LogP contribution in [0.3, 0.4) is 0 Å². The Hall–Kier alpha value is -6.07. The van der Waals surface area contributed by atoms with Crippen LogP contribution in [0, 0.1) is 0 Å². The van der Waals surface area contributed by atoms with Gasteiger partial charge in [-0.2, -0.15) is 0 Å². The van der Waals surface area contributed by atoms with Gasteiger partial charge < -0.3 is 9.97 Å². The fraction of sp³-hybridized carbons (Fsp3) is 0.291. The molecule has 5 heteroatoms. The maximum atomic E-state index is 14.5. The van der Waals surface area contributed by atoms with Crippen LogP contribution in [0.2, 0.25) is 0 Å². The highest BCUT2D eigenvalue weighted by Gasteiger charge is 2.27. The summed E-state index contributed by atoms with van der Waals surface area (Å²) < 4.78 is 0. The molecule has 0 saturated carbocycles. The van der Waals surface area contributed by atoms with E-state index in [1.165, 1.54) is 22.3 Å². The Morgan fingerprint density at radius 3 is 1.43 bits per heavy atom. The van der Waals surface area contributed by atoms with Gasteiger partial charge in [-0.25, -0.2) is 9.97 Å². The van der Waals surface area contributed by atoms with Gasteiger partial charge in [0.25, 0.3) is 0 Å². The molecule has 2 aliphatic rings. The number of aromatic amines is 2. The van der Waals surface area contributed by atoms with Crippen LogP contribution in [-0.4, -0.2) is 25.7 Å². The zero-order valence-electron chi connectivity index (χ0n) is 37.3. The van der Waals surface area contributed by atoms with Crippen LogP contribution in [-0.2, 0) is 21.7 Å². The summed E-state index contributed by atoms with van der Waals surface area (Å²) in [6.07, 6.45) is 6.21. The Morgan fingerprint density at radius 1 is 0.483 bits per heavy atom. The third-order valence-corrected chi connectivity index (χ3v) is 11.7. The minimum absolute atomic E-state index is 0.0611. The molecule has 0 fully saturated rings. The smallest absolute Gasteiger partial charge is 0.195 e. The van der Waals surface area contributed by atoms with Crippen LogP contribution >= 0.6 is 0 Å². The molecule has 3 aromatic carbocycles. The first kappa shape index (κ1) is 40.7. The largest absolute Gasteiger partial charge is 0.355 e. The van der Waals surface area contributed by atoms with Crippen LogP contribution in [0.5, 0.6) is 0 Å². The first-order valence-corrected chi connectivity index (χ1v) is 21.2. The molecule has 5 heterocycles. The zero-order chi connectivity index (χ0) is 42.9. The summed E-state index contributed by atoms with van der Waals surface area (Å²) >= 11 is 0. The van der Waals surface area contributed by atoms with Crippen molar-refractivity contribution >= 4 is 51.7 Å². The Bertz CT molecular complexity index is 2840. The number of rotatable bonds is 4. The van der Waals surface area contributed by atoms with Crippen LogP contribution in [0.15, 0.2) is 103 Å². The summed E-state index contributed by atoms with van der Waals surface area (Å²) in [4.78, 5) is 32.7. The lowest BCUT2D eigenvalue weighted by Crippen LogP contribution is -2.16. The quantitative estimate of drug-likeness (QED) is 0.174. The Kier molecular flexibility index (Phi) is 9.89. The van der Waals surface area contributed by atoms with Crippen molar-refractivity contribution in [3.63, 3.8) is 0 Å². The number of H-pyrrole nitrogens is 2. The van der Waals surface area contributed by atoms with Gasteiger partial charge in [0, 0.05) is 38.8 Å². The van der Waals surface area contributed by atoms with Crippen molar-refractivity contribution in [2.45, 2.75) is 105 Å². The molecular weight excluding hydrogens is 733 g/mol. The second kappa shape index (κ2) is 14.6. The van der Waals surface area contributed by atoms with Crippen LogP contribution in [0.1, 0.15) is 138 Å². The summed E-state index contributed by atoms with van der Waals surface area (Å²) in [6, 6.07) is 36.0. The van der Waals surface area contributed by atoms with Crippen LogP contribution in [0.4, 0.5) is 0 Å². The second-order valence-corrected chi connectivity index (χ2v) is 20.7. The van der Waals surface area contributed by atoms with Gasteiger partial charge in [-0.15, -0.1) is 0 Å². The molecule has 0 spiro atoms. The molecule has 3 aromatic heterocycles. The SMILES string of the molecule is CC(C)(C)c1cc(-c2c3nc(cc4ccc([nH]4)c(-c4cc(C(C)(C)C)cc(C(C)(C)C)c4)c4nc(cc5ccc2[nH]5)C(C(=O)c2ccccc2)=C4)C=C3)cc(C(C)(C)C)c1. The first-order chi connectivity index (χ1) is 28.1. The van der Waals surface area contributed by atoms with E-state index in [-0.39, 0.29) is 27.4 Å². The highest BCUT2D eigenvalue weighted by atomic mass is 16.1. The van der Waals surface area contributed by atoms with E-state index in [1.807, 2.05) is 42.5 Å².